The van der Waals surface area contributed by atoms with Gasteiger partial charge in [0.15, 0.2) is 5.84 Å². The molecule has 3 aromatic rings. The number of aryl methyl sites for hydroxylation is 1. The van der Waals surface area contributed by atoms with Crippen molar-refractivity contribution in [3.05, 3.63) is 117 Å². The van der Waals surface area contributed by atoms with Crippen molar-refractivity contribution in [1.82, 2.24) is 5.01 Å². The molecule has 5 nitrogen and oxygen atoms in total. The number of halogens is 2. The summed E-state index contributed by atoms with van der Waals surface area (Å²) in [4.78, 5) is 23.0. The SMILES string of the molecule is O=C1C(Cc2ccc(CCC3C=CN=C3)cc2)CCN=C2C(c3ccc(Cl)cc3)=C(c3ccc(Cl)cc3)C=NN12. The topological polar surface area (TPSA) is 57.4 Å². The molecule has 0 fully saturated rings. The van der Waals surface area contributed by atoms with Crippen LogP contribution in [0.1, 0.15) is 35.1 Å². The summed E-state index contributed by atoms with van der Waals surface area (Å²) in [6.45, 7) is 0.539. The summed E-state index contributed by atoms with van der Waals surface area (Å²) in [5.74, 6) is 0.745. The Morgan fingerprint density at radius 2 is 1.52 bits per heavy atom. The lowest BCUT2D eigenvalue weighted by molar-refractivity contribution is -0.131. The van der Waals surface area contributed by atoms with Crippen molar-refractivity contribution in [3.63, 3.8) is 0 Å². The average Bonchev–Trinajstić information content (AvgIpc) is 3.45. The molecule has 40 heavy (non-hydrogen) atoms. The number of amides is 1. The van der Waals surface area contributed by atoms with Gasteiger partial charge in [0.1, 0.15) is 0 Å². The number of hydrogen-bond acceptors (Lipinski definition) is 4. The number of aliphatic imine (C=N–C) groups is 2. The fraction of sp³-hybridized carbons (Fsp3) is 0.212. The molecule has 0 saturated carbocycles. The molecule has 6 rings (SSSR count). The van der Waals surface area contributed by atoms with Crippen molar-refractivity contribution in [3.8, 4) is 0 Å². The maximum Gasteiger partial charge on any atom is 0.252 e. The minimum absolute atomic E-state index is 0.0366. The third-order valence-electron chi connectivity index (χ3n) is 7.55. The van der Waals surface area contributed by atoms with E-state index in [1.165, 1.54) is 10.6 Å². The molecule has 3 aliphatic heterocycles. The second kappa shape index (κ2) is 11.7. The number of benzene rings is 3. The van der Waals surface area contributed by atoms with Gasteiger partial charge in [-0.25, -0.2) is 0 Å². The van der Waals surface area contributed by atoms with Gasteiger partial charge < -0.3 is 0 Å². The molecule has 0 radical (unpaired) electrons. The van der Waals surface area contributed by atoms with Crippen LogP contribution in [0.4, 0.5) is 0 Å². The largest absolute Gasteiger partial charge is 0.272 e. The molecule has 2 unspecified atom stereocenters. The maximum atomic E-state index is 13.9. The lowest BCUT2D eigenvalue weighted by Crippen LogP contribution is -2.39. The first-order chi connectivity index (χ1) is 19.5. The molecule has 7 heteroatoms. The summed E-state index contributed by atoms with van der Waals surface area (Å²) in [5, 5.41) is 7.42. The lowest BCUT2D eigenvalue weighted by atomic mass is 9.92. The highest BCUT2D eigenvalue weighted by atomic mass is 35.5. The van der Waals surface area contributed by atoms with Gasteiger partial charge in [-0.15, -0.1) is 0 Å². The second-order valence-electron chi connectivity index (χ2n) is 10.3. The van der Waals surface area contributed by atoms with E-state index in [0.29, 0.717) is 41.2 Å². The van der Waals surface area contributed by atoms with Crippen molar-refractivity contribution >= 4 is 58.5 Å². The van der Waals surface area contributed by atoms with Crippen LogP contribution in [-0.4, -0.2) is 35.7 Å². The Labute approximate surface area is 244 Å². The highest BCUT2D eigenvalue weighted by molar-refractivity contribution is 6.41. The quantitative estimate of drug-likeness (QED) is 0.291. The minimum atomic E-state index is -0.215. The maximum absolute atomic E-state index is 13.9. The highest BCUT2D eigenvalue weighted by Crippen LogP contribution is 2.34. The number of hydrazone groups is 1. The Kier molecular flexibility index (Phi) is 7.76. The van der Waals surface area contributed by atoms with Crippen LogP contribution in [0.15, 0.2) is 100 Å². The molecule has 0 bridgehead atoms. The number of nitrogens with zero attached hydrogens (tertiary/aromatic N) is 4. The zero-order valence-corrected chi connectivity index (χ0v) is 23.4. The number of carbonyl (C=O) groups excluding carboxylic acids is 1. The Morgan fingerprint density at radius 3 is 2.20 bits per heavy atom. The highest BCUT2D eigenvalue weighted by Gasteiger charge is 2.35. The zero-order chi connectivity index (χ0) is 27.5. The summed E-state index contributed by atoms with van der Waals surface area (Å²) >= 11 is 12.4. The van der Waals surface area contributed by atoms with Crippen LogP contribution in [0.25, 0.3) is 11.1 Å². The van der Waals surface area contributed by atoms with Crippen molar-refractivity contribution < 1.29 is 4.79 Å². The molecular formula is C33H28Cl2N4O. The molecule has 0 saturated heterocycles. The van der Waals surface area contributed by atoms with Crippen molar-refractivity contribution in [2.75, 3.05) is 6.54 Å². The van der Waals surface area contributed by atoms with E-state index in [4.69, 9.17) is 28.2 Å². The summed E-state index contributed by atoms with van der Waals surface area (Å²) in [6, 6.07) is 23.9. The number of amidine groups is 1. The van der Waals surface area contributed by atoms with Gasteiger partial charge in [0.25, 0.3) is 5.91 Å². The van der Waals surface area contributed by atoms with E-state index in [0.717, 1.165) is 40.7 Å². The summed E-state index contributed by atoms with van der Waals surface area (Å²) in [5.41, 5.74) is 6.05. The molecule has 3 aromatic carbocycles. The van der Waals surface area contributed by atoms with E-state index in [1.54, 1.807) is 6.21 Å². The van der Waals surface area contributed by atoms with Gasteiger partial charge in [0, 0.05) is 52.0 Å². The van der Waals surface area contributed by atoms with Gasteiger partial charge in [0.05, 0.1) is 6.21 Å². The summed E-state index contributed by atoms with van der Waals surface area (Å²) in [6.07, 6.45) is 11.1. The van der Waals surface area contributed by atoms with Crippen LogP contribution >= 0.6 is 23.2 Å². The molecule has 0 aliphatic carbocycles. The molecule has 2 atom stereocenters. The third kappa shape index (κ3) is 5.72. The predicted octanol–water partition coefficient (Wildman–Crippen LogP) is 7.54. The fourth-order valence-electron chi connectivity index (χ4n) is 5.33. The monoisotopic (exact) mass is 566 g/mol. The number of carbonyl (C=O) groups is 1. The van der Waals surface area contributed by atoms with Crippen LogP contribution < -0.4 is 0 Å². The van der Waals surface area contributed by atoms with Gasteiger partial charge in [-0.1, -0.05) is 77.8 Å². The predicted molar refractivity (Wildman–Crippen MR) is 165 cm³/mol. The first kappa shape index (κ1) is 26.4. The van der Waals surface area contributed by atoms with E-state index < -0.39 is 0 Å². The average molecular weight is 568 g/mol. The van der Waals surface area contributed by atoms with Crippen molar-refractivity contribution in [2.24, 2.45) is 26.9 Å². The number of fused-ring (bicyclic) bond motifs is 1. The molecule has 0 aromatic heterocycles. The van der Waals surface area contributed by atoms with E-state index in [1.807, 2.05) is 60.9 Å². The summed E-state index contributed by atoms with van der Waals surface area (Å²) < 4.78 is 0. The van der Waals surface area contributed by atoms with E-state index in [9.17, 15) is 4.79 Å². The van der Waals surface area contributed by atoms with Gasteiger partial charge in [-0.3, -0.25) is 14.8 Å². The molecule has 0 spiro atoms. The van der Waals surface area contributed by atoms with Gasteiger partial charge in [0.2, 0.25) is 0 Å². The molecule has 200 valence electrons. The third-order valence-corrected chi connectivity index (χ3v) is 8.05. The number of rotatable bonds is 7. The first-order valence-electron chi connectivity index (χ1n) is 13.5. The Morgan fingerprint density at radius 1 is 0.850 bits per heavy atom. The lowest BCUT2D eigenvalue weighted by Gasteiger charge is -2.27. The smallest absolute Gasteiger partial charge is 0.252 e. The molecule has 3 aliphatic rings. The summed E-state index contributed by atoms with van der Waals surface area (Å²) in [7, 11) is 0. The van der Waals surface area contributed by atoms with Crippen LogP contribution in [0, 0.1) is 11.8 Å². The van der Waals surface area contributed by atoms with E-state index >= 15 is 0 Å². The van der Waals surface area contributed by atoms with Crippen LogP contribution in [0.2, 0.25) is 10.0 Å². The van der Waals surface area contributed by atoms with Gasteiger partial charge >= 0.3 is 0 Å². The van der Waals surface area contributed by atoms with Crippen molar-refractivity contribution in [2.45, 2.75) is 25.7 Å². The Bertz CT molecular complexity index is 1540. The normalized spacial score (nSPS) is 20.1. The Balaban J connectivity index is 1.24. The van der Waals surface area contributed by atoms with Crippen LogP contribution in [0.5, 0.6) is 0 Å². The van der Waals surface area contributed by atoms with E-state index in [-0.39, 0.29) is 11.8 Å². The molecule has 0 N–H and O–H groups in total. The number of allylic oxidation sites excluding steroid dienone is 2. The zero-order valence-electron chi connectivity index (χ0n) is 21.9. The molecular weight excluding hydrogens is 539 g/mol. The van der Waals surface area contributed by atoms with Crippen LogP contribution in [-0.2, 0) is 17.6 Å². The van der Waals surface area contributed by atoms with Gasteiger partial charge in [-0.2, -0.15) is 10.1 Å². The standard InChI is InChI=1S/C33H28Cl2N4O/c34-28-11-7-25(8-12-28)30-21-38-39-32(31(30)26-9-13-29(35)14-10-26)37-18-16-27(33(39)40)19-23-4-1-22(2-5-23)3-6-24-15-17-36-20-24/h1-2,4-5,7-15,17,20-21,24,27H,3,6,16,18-19H2. The first-order valence-corrected chi connectivity index (χ1v) is 14.3. The number of hydrogen-bond donors (Lipinski definition) is 0. The minimum Gasteiger partial charge on any atom is -0.272 e. The molecule has 1 amide bonds. The molecule has 3 heterocycles. The second-order valence-corrected chi connectivity index (χ2v) is 11.1. The fourth-order valence-corrected chi connectivity index (χ4v) is 5.58. The van der Waals surface area contributed by atoms with Crippen molar-refractivity contribution in [1.29, 1.82) is 0 Å². The van der Waals surface area contributed by atoms with Crippen LogP contribution in [0.3, 0.4) is 0 Å². The Hall–Kier alpha value is -3.80. The van der Waals surface area contributed by atoms with Gasteiger partial charge in [-0.05, 0) is 72.2 Å². The van der Waals surface area contributed by atoms with E-state index in [2.05, 4.69) is 40.4 Å².